The highest BCUT2D eigenvalue weighted by Crippen LogP contribution is 2.24. The fourth-order valence-electron chi connectivity index (χ4n) is 1.53. The van der Waals surface area contributed by atoms with E-state index >= 15 is 0 Å². The number of carbonyl (C=O) groups is 2. The Labute approximate surface area is 134 Å². The molecule has 1 aromatic carbocycles. The summed E-state index contributed by atoms with van der Waals surface area (Å²) in [6.45, 7) is 4.73. The second-order valence-electron chi connectivity index (χ2n) is 5.11. The van der Waals surface area contributed by atoms with Crippen LogP contribution < -0.4 is 0 Å². The molecule has 1 N–H and O–H groups in total. The summed E-state index contributed by atoms with van der Waals surface area (Å²) in [5.74, 6) is -0.653. The molecule has 1 aromatic rings. The van der Waals surface area contributed by atoms with Gasteiger partial charge in [-0.05, 0) is 26.3 Å². The van der Waals surface area contributed by atoms with Gasteiger partial charge in [-0.15, -0.1) is 0 Å². The van der Waals surface area contributed by atoms with Crippen LogP contribution in [-0.4, -0.2) is 30.4 Å². The zero-order chi connectivity index (χ0) is 17.3. The molecule has 0 aliphatic heterocycles. The summed E-state index contributed by atoms with van der Waals surface area (Å²) >= 11 is 0. The summed E-state index contributed by atoms with van der Waals surface area (Å²) < 4.78 is 9.00. The van der Waals surface area contributed by atoms with Crippen LogP contribution in [0.5, 0.6) is 0 Å². The Bertz CT molecular complexity index is 549. The lowest BCUT2D eigenvalue weighted by atomic mass is 9.99. The Balaban J connectivity index is 2.41. The Kier molecular flexibility index (Phi) is 7.08. The molecule has 7 heteroatoms. The van der Waals surface area contributed by atoms with Crippen molar-refractivity contribution in [2.45, 2.75) is 26.4 Å². The van der Waals surface area contributed by atoms with Crippen molar-refractivity contribution in [3.8, 4) is 0 Å². The van der Waals surface area contributed by atoms with Gasteiger partial charge in [0.25, 0.3) is 0 Å². The maximum absolute atomic E-state index is 11.6. The smallest absolute Gasteiger partial charge is 0.459 e. The summed E-state index contributed by atoms with van der Waals surface area (Å²) in [4.78, 5) is 32.0. The van der Waals surface area contributed by atoms with Crippen LogP contribution in [0.3, 0.4) is 0 Å². The number of rotatable bonds is 8. The first-order chi connectivity index (χ1) is 10.8. The van der Waals surface area contributed by atoms with Crippen LogP contribution in [0.1, 0.15) is 26.3 Å². The van der Waals surface area contributed by atoms with Gasteiger partial charge in [-0.3, -0.25) is 0 Å². The predicted octanol–water partition coefficient (Wildman–Crippen LogP) is 3.01. The third-order valence-electron chi connectivity index (χ3n) is 2.81. The topological polar surface area (TPSA) is 91.3 Å². The monoisotopic (exact) mass is 324 g/mol. The van der Waals surface area contributed by atoms with Crippen molar-refractivity contribution in [3.05, 3.63) is 47.7 Å². The van der Waals surface area contributed by atoms with E-state index in [0.717, 1.165) is 11.8 Å². The average molecular weight is 324 g/mol. The largest absolute Gasteiger partial charge is 0.505 e. The molecule has 23 heavy (non-hydrogen) atoms. The van der Waals surface area contributed by atoms with Gasteiger partial charge < -0.3 is 19.5 Å². The van der Waals surface area contributed by atoms with Crippen LogP contribution in [-0.2, 0) is 29.6 Å². The molecule has 0 aliphatic rings. The van der Waals surface area contributed by atoms with E-state index in [-0.39, 0.29) is 18.8 Å². The van der Waals surface area contributed by atoms with Crippen molar-refractivity contribution in [3.63, 3.8) is 0 Å². The van der Waals surface area contributed by atoms with Gasteiger partial charge in [0.1, 0.15) is 25.1 Å². The van der Waals surface area contributed by atoms with E-state index in [2.05, 4.69) is 4.74 Å². The van der Waals surface area contributed by atoms with Crippen LogP contribution in [0.4, 0.5) is 4.79 Å². The van der Waals surface area contributed by atoms with E-state index in [0.29, 0.717) is 0 Å². The van der Waals surface area contributed by atoms with Gasteiger partial charge in [-0.25, -0.2) is 9.59 Å². The minimum Gasteiger partial charge on any atom is -0.459 e. The maximum atomic E-state index is 11.6. The third kappa shape index (κ3) is 6.84. The molecule has 0 aromatic heterocycles. The number of hydrogen-bond acceptors (Lipinski definition) is 6. The second-order valence-corrected chi connectivity index (χ2v) is 5.11. The molecule has 0 aliphatic carbocycles. The average Bonchev–Trinajstić information content (AvgIpc) is 2.51. The quantitative estimate of drug-likeness (QED) is 0.196. The number of carbonyl (C=O) groups excluding carboxylic acids is 1. The molecular weight excluding hydrogens is 304 g/mol. The fraction of sp³-hybridized carbons (Fsp3) is 0.375. The lowest BCUT2D eigenvalue weighted by Crippen LogP contribution is -2.21. The normalized spacial score (nSPS) is 11.7. The zero-order valence-corrected chi connectivity index (χ0v) is 13.3. The molecule has 0 spiro atoms. The summed E-state index contributed by atoms with van der Waals surface area (Å²) in [7, 11) is 0. The summed E-state index contributed by atoms with van der Waals surface area (Å²) in [5, 5.41) is 8.26. The highest BCUT2D eigenvalue weighted by atomic mass is 17.2. The molecule has 0 fully saturated rings. The van der Waals surface area contributed by atoms with Crippen molar-refractivity contribution in [2.75, 3.05) is 13.2 Å². The van der Waals surface area contributed by atoms with Gasteiger partial charge >= 0.3 is 12.1 Å². The first-order valence-electron chi connectivity index (χ1n) is 6.92. The first kappa shape index (κ1) is 18.5. The fourth-order valence-corrected chi connectivity index (χ4v) is 1.53. The molecule has 7 nitrogen and oxygen atoms in total. The molecule has 1 rings (SSSR count). The third-order valence-corrected chi connectivity index (χ3v) is 2.81. The van der Waals surface area contributed by atoms with Crippen LogP contribution in [0, 0.1) is 0 Å². The highest BCUT2D eigenvalue weighted by molar-refractivity contribution is 5.87. The Hall–Kier alpha value is -2.54. The van der Waals surface area contributed by atoms with E-state index < -0.39 is 17.7 Å². The molecule has 0 heterocycles. The van der Waals surface area contributed by atoms with E-state index in [9.17, 15) is 9.59 Å². The van der Waals surface area contributed by atoms with Crippen LogP contribution >= 0.6 is 0 Å². The molecule has 0 unspecified atom stereocenters. The molecule has 0 bridgehead atoms. The van der Waals surface area contributed by atoms with E-state index in [1.54, 1.807) is 0 Å². The Morgan fingerprint density at radius 3 is 2.35 bits per heavy atom. The Morgan fingerprint density at radius 2 is 1.74 bits per heavy atom. The minimum absolute atomic E-state index is 0.171. The lowest BCUT2D eigenvalue weighted by molar-refractivity contribution is -0.321. The van der Waals surface area contributed by atoms with E-state index in [4.69, 9.17) is 19.6 Å². The lowest BCUT2D eigenvalue weighted by Gasteiger charge is -2.22. The van der Waals surface area contributed by atoms with E-state index in [1.807, 2.05) is 44.2 Å². The molecule has 0 saturated carbocycles. The number of carboxylic acid groups (broad SMARTS) is 1. The number of hydrogen-bond donors (Lipinski definition) is 1. The summed E-state index contributed by atoms with van der Waals surface area (Å²) in [6, 6.07) is 9.47. The van der Waals surface area contributed by atoms with Crippen molar-refractivity contribution in [1.29, 1.82) is 0 Å². The first-order valence-corrected chi connectivity index (χ1v) is 6.92. The Morgan fingerprint density at radius 1 is 1.13 bits per heavy atom. The van der Waals surface area contributed by atoms with Crippen LogP contribution in [0.25, 0.3) is 0 Å². The van der Waals surface area contributed by atoms with Crippen LogP contribution in [0.15, 0.2) is 42.2 Å². The van der Waals surface area contributed by atoms with Gasteiger partial charge in [-0.1, -0.05) is 30.3 Å². The number of esters is 1. The van der Waals surface area contributed by atoms with Crippen molar-refractivity contribution in [1.82, 2.24) is 0 Å². The molecule has 0 atom stereocenters. The molecule has 0 amide bonds. The van der Waals surface area contributed by atoms with E-state index in [1.165, 1.54) is 6.92 Å². The number of benzene rings is 1. The summed E-state index contributed by atoms with van der Waals surface area (Å²) in [6.07, 6.45) is -0.293. The SMILES string of the molecule is CC(=COOC(C)(C)c1ccccc1)C(=O)OCCOC(=O)O. The van der Waals surface area contributed by atoms with Crippen LogP contribution in [0.2, 0.25) is 0 Å². The molecule has 126 valence electrons. The molecular formula is C16H20O7. The van der Waals surface area contributed by atoms with Gasteiger partial charge in [0.15, 0.2) is 0 Å². The van der Waals surface area contributed by atoms with Gasteiger partial charge in [0, 0.05) is 0 Å². The minimum atomic E-state index is -1.42. The van der Waals surface area contributed by atoms with Crippen molar-refractivity contribution < 1.29 is 33.9 Å². The number of ether oxygens (including phenoxy) is 2. The second kappa shape index (κ2) is 8.79. The molecule has 0 radical (unpaired) electrons. The van der Waals surface area contributed by atoms with Gasteiger partial charge in [0.05, 0.1) is 5.57 Å². The maximum Gasteiger partial charge on any atom is 0.505 e. The molecule has 0 saturated heterocycles. The highest BCUT2D eigenvalue weighted by Gasteiger charge is 2.23. The van der Waals surface area contributed by atoms with Crippen molar-refractivity contribution >= 4 is 12.1 Å². The van der Waals surface area contributed by atoms with Gasteiger partial charge in [-0.2, -0.15) is 4.89 Å². The predicted molar refractivity (Wildman–Crippen MR) is 80.3 cm³/mol. The van der Waals surface area contributed by atoms with Crippen molar-refractivity contribution in [2.24, 2.45) is 0 Å². The zero-order valence-electron chi connectivity index (χ0n) is 13.3. The van der Waals surface area contributed by atoms with Gasteiger partial charge in [0.2, 0.25) is 0 Å². The summed E-state index contributed by atoms with van der Waals surface area (Å²) in [5.41, 5.74) is 0.390. The standard InChI is InChI=1S/C16H20O7/c1-12(14(17)20-9-10-21-15(18)19)11-22-23-16(2,3)13-7-5-4-6-8-13/h4-8,11H,9-10H2,1-3H3,(H,18,19).